The van der Waals surface area contributed by atoms with E-state index >= 15 is 0 Å². The summed E-state index contributed by atoms with van der Waals surface area (Å²) in [5.41, 5.74) is 1.47. The van der Waals surface area contributed by atoms with E-state index in [9.17, 15) is 14.3 Å². The summed E-state index contributed by atoms with van der Waals surface area (Å²) < 4.78 is 11.4. The molecule has 7 heteroatoms. The summed E-state index contributed by atoms with van der Waals surface area (Å²) in [6.07, 6.45) is 3.32. The van der Waals surface area contributed by atoms with E-state index in [1.807, 2.05) is 0 Å². The van der Waals surface area contributed by atoms with Gasteiger partial charge in [0.1, 0.15) is 5.52 Å². The van der Waals surface area contributed by atoms with Gasteiger partial charge in [-0.15, -0.1) is 0 Å². The van der Waals surface area contributed by atoms with E-state index in [0.717, 1.165) is 18.5 Å². The number of fused-ring (bicyclic) bond motifs is 1. The van der Waals surface area contributed by atoms with E-state index < -0.39 is 15.7 Å². The molecule has 1 saturated heterocycles. The van der Waals surface area contributed by atoms with Crippen LogP contribution in [0, 0.1) is 10.1 Å². The molecule has 3 rings (SSSR count). The van der Waals surface area contributed by atoms with Crippen molar-refractivity contribution in [3.63, 3.8) is 0 Å². The molecule has 110 valence electrons. The largest absolute Gasteiger partial charge is 0.380 e. The third-order valence-corrected chi connectivity index (χ3v) is 5.07. The van der Waals surface area contributed by atoms with Gasteiger partial charge in [0.25, 0.3) is 5.69 Å². The fourth-order valence-corrected chi connectivity index (χ4v) is 3.89. The summed E-state index contributed by atoms with van der Waals surface area (Å²) in [5.74, 6) is 1.41. The average molecular weight is 305 g/mol. The summed E-state index contributed by atoms with van der Waals surface area (Å²) >= 11 is 0. The Morgan fingerprint density at radius 2 is 2.05 bits per heavy atom. The summed E-state index contributed by atoms with van der Waals surface area (Å²) in [4.78, 5) is 15.0. The van der Waals surface area contributed by atoms with Crippen LogP contribution in [0.2, 0.25) is 0 Å². The second-order valence-electron chi connectivity index (χ2n) is 5.06. The molecule has 1 N–H and O–H groups in total. The van der Waals surface area contributed by atoms with Crippen LogP contribution in [-0.2, 0) is 10.8 Å². The maximum absolute atomic E-state index is 11.4. The van der Waals surface area contributed by atoms with Gasteiger partial charge in [-0.2, -0.15) is 0 Å². The summed E-state index contributed by atoms with van der Waals surface area (Å²) in [6.45, 7) is 0. The van der Waals surface area contributed by atoms with Crippen molar-refractivity contribution in [2.45, 2.75) is 18.9 Å². The monoisotopic (exact) mass is 305 g/mol. The van der Waals surface area contributed by atoms with E-state index in [0.29, 0.717) is 22.4 Å². The van der Waals surface area contributed by atoms with E-state index in [-0.39, 0.29) is 11.7 Å². The molecule has 0 bridgehead atoms. The Morgan fingerprint density at radius 3 is 2.76 bits per heavy atom. The molecule has 0 amide bonds. The number of hydrogen-bond donors (Lipinski definition) is 1. The van der Waals surface area contributed by atoms with Crippen LogP contribution in [0.5, 0.6) is 0 Å². The van der Waals surface area contributed by atoms with Crippen LogP contribution in [0.25, 0.3) is 10.9 Å². The zero-order valence-electron chi connectivity index (χ0n) is 11.3. The van der Waals surface area contributed by atoms with Crippen LogP contribution in [-0.4, -0.2) is 31.7 Å². The quantitative estimate of drug-likeness (QED) is 0.695. The van der Waals surface area contributed by atoms with Crippen LogP contribution in [0.3, 0.4) is 0 Å². The van der Waals surface area contributed by atoms with Gasteiger partial charge in [-0.25, -0.2) is 0 Å². The molecule has 1 aliphatic rings. The number of nitrogens with one attached hydrogen (secondary N) is 1. The van der Waals surface area contributed by atoms with Crippen molar-refractivity contribution in [3.05, 3.63) is 40.6 Å². The van der Waals surface area contributed by atoms with Crippen molar-refractivity contribution in [3.8, 4) is 0 Å². The van der Waals surface area contributed by atoms with E-state index in [1.165, 1.54) is 6.07 Å². The van der Waals surface area contributed by atoms with Crippen LogP contribution < -0.4 is 5.32 Å². The first-order chi connectivity index (χ1) is 10.1. The summed E-state index contributed by atoms with van der Waals surface area (Å²) in [5, 5.41) is 15.0. The van der Waals surface area contributed by atoms with Crippen molar-refractivity contribution in [2.75, 3.05) is 16.8 Å². The number of pyridine rings is 1. The maximum Gasteiger partial charge on any atom is 0.278 e. The Bertz CT molecular complexity index is 710. The molecule has 1 aromatic carbocycles. The number of non-ortho nitro benzene ring substituents is 1. The first-order valence-corrected chi connectivity index (χ1v) is 8.27. The molecular weight excluding hydrogens is 290 g/mol. The van der Waals surface area contributed by atoms with Gasteiger partial charge in [0.05, 0.1) is 16.0 Å². The molecule has 2 heterocycles. The fourth-order valence-electron chi connectivity index (χ4n) is 2.59. The number of aromatic nitrogens is 1. The molecule has 0 unspecified atom stereocenters. The Kier molecular flexibility index (Phi) is 3.83. The molecule has 0 atom stereocenters. The van der Waals surface area contributed by atoms with Crippen LogP contribution in [0.1, 0.15) is 12.8 Å². The number of nitro groups is 1. The second-order valence-corrected chi connectivity index (χ2v) is 6.75. The van der Waals surface area contributed by atoms with Gasteiger partial charge in [0, 0.05) is 40.6 Å². The lowest BCUT2D eigenvalue weighted by molar-refractivity contribution is -0.383. The lowest BCUT2D eigenvalue weighted by Crippen LogP contribution is -2.29. The van der Waals surface area contributed by atoms with Crippen molar-refractivity contribution in [1.29, 1.82) is 0 Å². The minimum absolute atomic E-state index is 0.0633. The molecule has 0 spiro atoms. The van der Waals surface area contributed by atoms with Crippen molar-refractivity contribution in [1.82, 2.24) is 4.98 Å². The third kappa shape index (κ3) is 2.87. The molecular formula is C14H15N3O3S. The average Bonchev–Trinajstić information content (AvgIpc) is 2.49. The summed E-state index contributed by atoms with van der Waals surface area (Å²) in [7, 11) is -0.701. The number of hydrogen-bond acceptors (Lipinski definition) is 5. The molecule has 0 saturated carbocycles. The highest BCUT2D eigenvalue weighted by molar-refractivity contribution is 7.85. The van der Waals surface area contributed by atoms with Crippen molar-refractivity contribution in [2.24, 2.45) is 0 Å². The lowest BCUT2D eigenvalue weighted by atomic mass is 10.1. The second kappa shape index (κ2) is 5.77. The molecule has 1 aliphatic heterocycles. The van der Waals surface area contributed by atoms with Crippen LogP contribution >= 0.6 is 0 Å². The highest BCUT2D eigenvalue weighted by Crippen LogP contribution is 2.30. The van der Waals surface area contributed by atoms with Gasteiger partial charge in [-0.1, -0.05) is 0 Å². The van der Waals surface area contributed by atoms with Crippen molar-refractivity contribution < 1.29 is 9.13 Å². The van der Waals surface area contributed by atoms with Gasteiger partial charge < -0.3 is 5.32 Å². The normalized spacial score (nSPS) is 22.1. The summed E-state index contributed by atoms with van der Waals surface area (Å²) in [6, 6.07) is 6.87. The number of nitro benzene ring substituents is 1. The van der Waals surface area contributed by atoms with Gasteiger partial charge in [-0.3, -0.25) is 19.3 Å². The Morgan fingerprint density at radius 1 is 1.29 bits per heavy atom. The topological polar surface area (TPSA) is 85.1 Å². The van der Waals surface area contributed by atoms with Gasteiger partial charge in [-0.05, 0) is 31.0 Å². The van der Waals surface area contributed by atoms with Crippen molar-refractivity contribution >= 4 is 33.1 Å². The number of anilines is 1. The zero-order chi connectivity index (χ0) is 14.8. The molecule has 0 radical (unpaired) electrons. The zero-order valence-corrected chi connectivity index (χ0v) is 12.1. The van der Waals surface area contributed by atoms with Crippen LogP contribution in [0.4, 0.5) is 11.4 Å². The molecule has 2 aromatic rings. The Hall–Kier alpha value is -2.02. The third-order valence-electron chi connectivity index (χ3n) is 3.69. The molecule has 1 fully saturated rings. The minimum atomic E-state index is -0.701. The first-order valence-electron chi connectivity index (χ1n) is 6.79. The van der Waals surface area contributed by atoms with Gasteiger partial charge in [0.2, 0.25) is 0 Å². The Labute approximate surface area is 124 Å². The van der Waals surface area contributed by atoms with Gasteiger partial charge >= 0.3 is 0 Å². The first kappa shape index (κ1) is 13.9. The molecule has 1 aromatic heterocycles. The molecule has 6 nitrogen and oxygen atoms in total. The highest BCUT2D eigenvalue weighted by Gasteiger charge is 2.20. The number of benzene rings is 1. The lowest BCUT2D eigenvalue weighted by Gasteiger charge is -2.24. The smallest absolute Gasteiger partial charge is 0.278 e. The minimum Gasteiger partial charge on any atom is -0.380 e. The van der Waals surface area contributed by atoms with E-state index in [4.69, 9.17) is 0 Å². The maximum atomic E-state index is 11.4. The van der Waals surface area contributed by atoms with Crippen LogP contribution in [0.15, 0.2) is 30.5 Å². The van der Waals surface area contributed by atoms with E-state index in [1.54, 1.807) is 24.4 Å². The fraction of sp³-hybridized carbons (Fsp3) is 0.357. The van der Waals surface area contributed by atoms with Gasteiger partial charge in [0.15, 0.2) is 0 Å². The Balaban J connectivity index is 1.94. The highest BCUT2D eigenvalue weighted by atomic mass is 32.2. The molecule has 21 heavy (non-hydrogen) atoms. The molecule has 0 aliphatic carbocycles. The van der Waals surface area contributed by atoms with E-state index in [2.05, 4.69) is 10.3 Å². The number of nitrogens with zero attached hydrogens (tertiary/aromatic N) is 2. The SMILES string of the molecule is O=[N+]([O-])c1ccc(NC2CCS(=O)CC2)c2ncccc12. The predicted molar refractivity (Wildman–Crippen MR) is 82.9 cm³/mol. The standard InChI is InChI=1S/C14H15N3O3S/c18-17(19)13-4-3-12(14-11(13)2-1-7-15-14)16-10-5-8-21(20)9-6-10/h1-4,7,10,16H,5-6,8-9H2. The number of rotatable bonds is 3. The predicted octanol–water partition coefficient (Wildman–Crippen LogP) is 2.47.